The summed E-state index contributed by atoms with van der Waals surface area (Å²) in [5, 5.41) is 8.99. The predicted molar refractivity (Wildman–Crippen MR) is 57.4 cm³/mol. The summed E-state index contributed by atoms with van der Waals surface area (Å²) in [4.78, 5) is 24.9. The van der Waals surface area contributed by atoms with E-state index in [0.29, 0.717) is 13.0 Å². The minimum atomic E-state index is -0.436. The fraction of sp³-hybridized carbons (Fsp3) is 0.800. The third kappa shape index (κ3) is 3.87. The zero-order chi connectivity index (χ0) is 12.0. The van der Waals surface area contributed by atoms with Crippen molar-refractivity contribution >= 4 is 11.9 Å². The van der Waals surface area contributed by atoms with Crippen molar-refractivity contribution in [1.82, 2.24) is 9.80 Å². The van der Waals surface area contributed by atoms with Gasteiger partial charge in [-0.25, -0.2) is 4.79 Å². The maximum Gasteiger partial charge on any atom is 0.326 e. The monoisotopic (exact) mass is 216 g/mol. The highest BCUT2D eigenvalue weighted by Crippen LogP contribution is 2.08. The van der Waals surface area contributed by atoms with Crippen LogP contribution in [0.1, 0.15) is 27.2 Å². The fourth-order valence-corrected chi connectivity index (χ4v) is 1.17. The minimum absolute atomic E-state index is 0.141. The Morgan fingerprint density at radius 3 is 2.27 bits per heavy atom. The molecule has 3 amide bonds. The highest BCUT2D eigenvalue weighted by molar-refractivity contribution is 6.01. The van der Waals surface area contributed by atoms with Gasteiger partial charge in [0.05, 0.1) is 6.10 Å². The van der Waals surface area contributed by atoms with E-state index < -0.39 is 6.10 Å². The van der Waals surface area contributed by atoms with Crippen LogP contribution >= 0.6 is 0 Å². The van der Waals surface area contributed by atoms with Crippen LogP contribution in [0.25, 0.3) is 0 Å². The normalized spacial score (nSPS) is 17.7. The molecule has 15 heavy (non-hydrogen) atoms. The third-order valence-corrected chi connectivity index (χ3v) is 2.07. The first-order valence-corrected chi connectivity index (χ1v) is 5.26. The molecule has 5 heteroatoms. The number of imide groups is 1. The van der Waals surface area contributed by atoms with E-state index >= 15 is 0 Å². The third-order valence-electron chi connectivity index (χ3n) is 2.07. The van der Waals surface area contributed by atoms with Crippen LogP contribution in [0.4, 0.5) is 4.79 Å². The van der Waals surface area contributed by atoms with Gasteiger partial charge in [0, 0.05) is 13.6 Å². The molecule has 1 N–H and O–H groups in total. The Balaban J connectivity index is 0.000000921. The van der Waals surface area contributed by atoms with Crippen LogP contribution in [0.3, 0.4) is 0 Å². The van der Waals surface area contributed by atoms with Crippen LogP contribution in [0.15, 0.2) is 0 Å². The summed E-state index contributed by atoms with van der Waals surface area (Å²) in [5.74, 6) is -0.185. The lowest BCUT2D eigenvalue weighted by Gasteiger charge is -2.15. The van der Waals surface area contributed by atoms with Gasteiger partial charge in [0.15, 0.2) is 0 Å². The molecule has 1 atom stereocenters. The summed E-state index contributed by atoms with van der Waals surface area (Å²) >= 11 is 0. The van der Waals surface area contributed by atoms with Gasteiger partial charge >= 0.3 is 6.03 Å². The van der Waals surface area contributed by atoms with Crippen molar-refractivity contribution in [3.63, 3.8) is 0 Å². The largest absolute Gasteiger partial charge is 0.393 e. The summed E-state index contributed by atoms with van der Waals surface area (Å²) < 4.78 is 0. The number of likely N-dealkylation sites (N-methyl/N-ethyl adjacent to an activating group) is 1. The number of aliphatic hydroxyl groups excluding tert-OH is 1. The number of nitrogens with zero attached hydrogens (tertiary/aromatic N) is 2. The fourth-order valence-electron chi connectivity index (χ4n) is 1.17. The molecule has 0 saturated carbocycles. The topological polar surface area (TPSA) is 60.9 Å². The molecule has 1 rings (SSSR count). The number of hydrogen-bond donors (Lipinski definition) is 1. The second-order valence-corrected chi connectivity index (χ2v) is 3.29. The van der Waals surface area contributed by atoms with Crippen molar-refractivity contribution in [3.05, 3.63) is 0 Å². The average Bonchev–Trinajstić information content (AvgIpc) is 2.46. The zero-order valence-electron chi connectivity index (χ0n) is 9.86. The minimum Gasteiger partial charge on any atom is -0.393 e. The molecule has 1 saturated heterocycles. The molecule has 1 aliphatic rings. The second-order valence-electron chi connectivity index (χ2n) is 3.29. The molecular formula is C10H20N2O3. The van der Waals surface area contributed by atoms with Crippen molar-refractivity contribution < 1.29 is 14.7 Å². The molecule has 5 nitrogen and oxygen atoms in total. The maximum absolute atomic E-state index is 11.3. The van der Waals surface area contributed by atoms with Crippen molar-refractivity contribution in [2.45, 2.75) is 33.3 Å². The highest BCUT2D eigenvalue weighted by atomic mass is 16.3. The smallest absolute Gasteiger partial charge is 0.326 e. The second kappa shape index (κ2) is 6.40. The van der Waals surface area contributed by atoms with Crippen LogP contribution in [0.2, 0.25) is 0 Å². The zero-order valence-corrected chi connectivity index (χ0v) is 9.86. The Morgan fingerprint density at radius 2 is 1.93 bits per heavy atom. The Bertz CT molecular complexity index is 229. The number of aliphatic hydroxyl groups is 1. The van der Waals surface area contributed by atoms with Gasteiger partial charge in [0.25, 0.3) is 0 Å². The van der Waals surface area contributed by atoms with E-state index in [-0.39, 0.29) is 18.5 Å². The van der Waals surface area contributed by atoms with Crippen molar-refractivity contribution in [1.29, 1.82) is 0 Å². The molecule has 0 radical (unpaired) electrons. The first-order chi connectivity index (χ1) is 7.02. The number of hydrogen-bond acceptors (Lipinski definition) is 3. The Hall–Kier alpha value is -1.10. The molecule has 0 aliphatic carbocycles. The molecule has 0 aromatic rings. The highest BCUT2D eigenvalue weighted by Gasteiger charge is 2.32. The summed E-state index contributed by atoms with van der Waals surface area (Å²) in [6.45, 7) is 6.24. The number of carbonyl (C=O) groups is 2. The van der Waals surface area contributed by atoms with Gasteiger partial charge < -0.3 is 10.0 Å². The number of carbonyl (C=O) groups excluding carboxylic acids is 2. The number of amides is 3. The van der Waals surface area contributed by atoms with Crippen LogP contribution in [-0.4, -0.2) is 53.1 Å². The van der Waals surface area contributed by atoms with Crippen molar-refractivity contribution in [2.24, 2.45) is 0 Å². The molecule has 1 heterocycles. The number of urea groups is 1. The van der Waals surface area contributed by atoms with Gasteiger partial charge in [-0.2, -0.15) is 0 Å². The molecule has 1 aliphatic heterocycles. The standard InChI is InChI=1S/C8H14N2O3.C2H6/c1-6(11)3-4-10-5-7(12)9(2)8(10)13;1-2/h6,11H,3-5H2,1-2H3;1-2H3. The first-order valence-electron chi connectivity index (χ1n) is 5.26. The van der Waals surface area contributed by atoms with E-state index in [0.717, 1.165) is 4.90 Å². The Kier molecular flexibility index (Phi) is 5.93. The first kappa shape index (κ1) is 13.9. The van der Waals surface area contributed by atoms with E-state index in [1.165, 1.54) is 11.9 Å². The van der Waals surface area contributed by atoms with Crippen LogP contribution < -0.4 is 0 Å². The lowest BCUT2D eigenvalue weighted by molar-refractivity contribution is -0.124. The molecule has 1 unspecified atom stereocenters. The van der Waals surface area contributed by atoms with E-state index in [1.54, 1.807) is 6.92 Å². The van der Waals surface area contributed by atoms with Gasteiger partial charge in [-0.1, -0.05) is 13.8 Å². The van der Waals surface area contributed by atoms with Crippen LogP contribution in [-0.2, 0) is 4.79 Å². The van der Waals surface area contributed by atoms with Gasteiger partial charge in [-0.15, -0.1) is 0 Å². The van der Waals surface area contributed by atoms with E-state index in [1.807, 2.05) is 13.8 Å². The summed E-state index contributed by atoms with van der Waals surface area (Å²) in [6.07, 6.45) is 0.0705. The number of rotatable bonds is 3. The average molecular weight is 216 g/mol. The van der Waals surface area contributed by atoms with E-state index in [4.69, 9.17) is 5.11 Å². The SMILES string of the molecule is CC.CC(O)CCN1CC(=O)N(C)C1=O. The molecule has 0 spiro atoms. The predicted octanol–water partition coefficient (Wildman–Crippen LogP) is 0.677. The van der Waals surface area contributed by atoms with E-state index in [2.05, 4.69) is 0 Å². The van der Waals surface area contributed by atoms with Gasteiger partial charge in [-0.05, 0) is 13.3 Å². The van der Waals surface area contributed by atoms with Crippen LogP contribution in [0, 0.1) is 0 Å². The van der Waals surface area contributed by atoms with Gasteiger partial charge in [-0.3, -0.25) is 9.69 Å². The quantitative estimate of drug-likeness (QED) is 0.706. The molecule has 1 fully saturated rings. The van der Waals surface area contributed by atoms with Crippen molar-refractivity contribution in [2.75, 3.05) is 20.1 Å². The molecule has 88 valence electrons. The molecule has 0 aromatic carbocycles. The summed E-state index contributed by atoms with van der Waals surface area (Å²) in [5.41, 5.74) is 0. The van der Waals surface area contributed by atoms with E-state index in [9.17, 15) is 9.59 Å². The lowest BCUT2D eigenvalue weighted by atomic mass is 10.3. The Morgan fingerprint density at radius 1 is 1.40 bits per heavy atom. The van der Waals surface area contributed by atoms with Gasteiger partial charge in [0.2, 0.25) is 5.91 Å². The molecule has 0 bridgehead atoms. The Labute approximate surface area is 90.7 Å². The summed E-state index contributed by atoms with van der Waals surface area (Å²) in [6, 6.07) is -0.273. The lowest BCUT2D eigenvalue weighted by Crippen LogP contribution is -2.31. The molecular weight excluding hydrogens is 196 g/mol. The van der Waals surface area contributed by atoms with Gasteiger partial charge in [0.1, 0.15) is 6.54 Å². The van der Waals surface area contributed by atoms with Crippen molar-refractivity contribution in [3.8, 4) is 0 Å². The summed E-state index contributed by atoms with van der Waals surface area (Å²) in [7, 11) is 1.47. The maximum atomic E-state index is 11.3. The molecule has 0 aromatic heterocycles. The van der Waals surface area contributed by atoms with Crippen LogP contribution in [0.5, 0.6) is 0 Å².